The molecule has 0 aliphatic carbocycles. The number of carbonyl (C=O) groups is 2. The van der Waals surface area contributed by atoms with Crippen molar-refractivity contribution in [3.63, 3.8) is 0 Å². The maximum Gasteiger partial charge on any atom is 0.314 e. The molecule has 0 spiro atoms. The monoisotopic (exact) mass is 276 g/mol. The molecular formula is C14H10F2N2O2. The van der Waals surface area contributed by atoms with Gasteiger partial charge in [0.25, 0.3) is 0 Å². The van der Waals surface area contributed by atoms with E-state index in [0.717, 1.165) is 18.2 Å². The summed E-state index contributed by atoms with van der Waals surface area (Å²) in [5, 5.41) is 4.54. The summed E-state index contributed by atoms with van der Waals surface area (Å²) in [5.74, 6) is -4.01. The molecule has 20 heavy (non-hydrogen) atoms. The van der Waals surface area contributed by atoms with Gasteiger partial charge in [-0.3, -0.25) is 9.59 Å². The van der Waals surface area contributed by atoms with Gasteiger partial charge in [-0.05, 0) is 24.3 Å². The Balaban J connectivity index is 2.01. The van der Waals surface area contributed by atoms with E-state index in [0.29, 0.717) is 5.69 Å². The summed E-state index contributed by atoms with van der Waals surface area (Å²) in [7, 11) is 0. The van der Waals surface area contributed by atoms with Crippen LogP contribution in [0.1, 0.15) is 0 Å². The molecule has 2 amide bonds. The van der Waals surface area contributed by atoms with E-state index in [1.54, 1.807) is 30.3 Å². The Bertz CT molecular complexity index is 645. The molecule has 102 valence electrons. The molecule has 0 fully saturated rings. The molecule has 0 aliphatic rings. The van der Waals surface area contributed by atoms with E-state index in [2.05, 4.69) is 10.6 Å². The molecule has 0 aliphatic heterocycles. The molecule has 0 saturated heterocycles. The molecule has 0 bridgehead atoms. The summed E-state index contributed by atoms with van der Waals surface area (Å²) < 4.78 is 25.7. The lowest BCUT2D eigenvalue weighted by molar-refractivity contribution is -0.133. The van der Waals surface area contributed by atoms with Crippen molar-refractivity contribution in [1.29, 1.82) is 0 Å². The number of nitrogens with one attached hydrogen (secondary N) is 2. The van der Waals surface area contributed by atoms with E-state index in [1.165, 1.54) is 0 Å². The third-order valence-electron chi connectivity index (χ3n) is 2.42. The lowest BCUT2D eigenvalue weighted by Gasteiger charge is -2.06. The summed E-state index contributed by atoms with van der Waals surface area (Å²) in [6.45, 7) is 0. The quantitative estimate of drug-likeness (QED) is 0.828. The normalized spacial score (nSPS) is 9.90. The number of anilines is 2. The third-order valence-corrected chi connectivity index (χ3v) is 2.42. The van der Waals surface area contributed by atoms with Gasteiger partial charge in [0.1, 0.15) is 0 Å². The fraction of sp³-hybridized carbons (Fsp3) is 0. The molecule has 0 radical (unpaired) electrons. The van der Waals surface area contributed by atoms with Crippen LogP contribution in [0, 0.1) is 11.6 Å². The molecular weight excluding hydrogens is 266 g/mol. The maximum atomic E-state index is 13.0. The Morgan fingerprint density at radius 3 is 1.95 bits per heavy atom. The van der Waals surface area contributed by atoms with Crippen molar-refractivity contribution in [3.05, 3.63) is 60.2 Å². The zero-order chi connectivity index (χ0) is 14.5. The summed E-state index contributed by atoms with van der Waals surface area (Å²) in [6.07, 6.45) is 0. The summed E-state index contributed by atoms with van der Waals surface area (Å²) >= 11 is 0. The van der Waals surface area contributed by atoms with Crippen LogP contribution >= 0.6 is 0 Å². The Kier molecular flexibility index (Phi) is 4.05. The molecule has 0 unspecified atom stereocenters. The highest BCUT2D eigenvalue weighted by Gasteiger charge is 2.14. The van der Waals surface area contributed by atoms with Gasteiger partial charge in [-0.2, -0.15) is 0 Å². The second-order valence-corrected chi connectivity index (χ2v) is 3.90. The van der Waals surface area contributed by atoms with Gasteiger partial charge in [-0.25, -0.2) is 8.78 Å². The second-order valence-electron chi connectivity index (χ2n) is 3.90. The fourth-order valence-corrected chi connectivity index (χ4v) is 1.47. The lowest BCUT2D eigenvalue weighted by atomic mass is 10.3. The Morgan fingerprint density at radius 2 is 1.35 bits per heavy atom. The average Bonchev–Trinajstić information content (AvgIpc) is 2.44. The first kappa shape index (κ1) is 13.7. The van der Waals surface area contributed by atoms with Crippen LogP contribution in [0.25, 0.3) is 0 Å². The fourth-order valence-electron chi connectivity index (χ4n) is 1.47. The molecule has 2 aromatic carbocycles. The van der Waals surface area contributed by atoms with Crippen LogP contribution in [0.5, 0.6) is 0 Å². The topological polar surface area (TPSA) is 58.2 Å². The van der Waals surface area contributed by atoms with Crippen LogP contribution in [0.15, 0.2) is 48.5 Å². The first-order valence-electron chi connectivity index (χ1n) is 5.68. The molecule has 4 nitrogen and oxygen atoms in total. The van der Waals surface area contributed by atoms with Crippen LogP contribution in [-0.2, 0) is 9.59 Å². The van der Waals surface area contributed by atoms with Crippen molar-refractivity contribution in [3.8, 4) is 0 Å². The van der Waals surface area contributed by atoms with E-state index >= 15 is 0 Å². The number of hydrogen-bond donors (Lipinski definition) is 2. The van der Waals surface area contributed by atoms with Crippen molar-refractivity contribution in [2.75, 3.05) is 10.6 Å². The molecule has 0 heterocycles. The minimum absolute atomic E-state index is 0.00267. The number of hydrogen-bond acceptors (Lipinski definition) is 2. The second kappa shape index (κ2) is 5.92. The molecule has 2 N–H and O–H groups in total. The van der Waals surface area contributed by atoms with Gasteiger partial charge in [0.15, 0.2) is 11.6 Å². The van der Waals surface area contributed by atoms with Gasteiger partial charge in [-0.1, -0.05) is 18.2 Å². The number of rotatable bonds is 2. The van der Waals surface area contributed by atoms with Gasteiger partial charge in [0, 0.05) is 17.4 Å². The van der Waals surface area contributed by atoms with Crippen LogP contribution in [0.3, 0.4) is 0 Å². The SMILES string of the molecule is O=C(Nc1ccccc1)C(=O)Nc1ccc(F)c(F)c1. The van der Waals surface area contributed by atoms with E-state index in [-0.39, 0.29) is 5.69 Å². The standard InChI is InChI=1S/C14H10F2N2O2/c15-11-7-6-10(8-12(11)16)18-14(20)13(19)17-9-4-2-1-3-5-9/h1-8H,(H,17,19)(H,18,20). The van der Waals surface area contributed by atoms with Crippen molar-refractivity contribution in [2.24, 2.45) is 0 Å². The number of para-hydroxylation sites is 1. The molecule has 6 heteroatoms. The van der Waals surface area contributed by atoms with Gasteiger partial charge in [-0.15, -0.1) is 0 Å². The van der Waals surface area contributed by atoms with Crippen molar-refractivity contribution < 1.29 is 18.4 Å². The van der Waals surface area contributed by atoms with Gasteiger partial charge < -0.3 is 10.6 Å². The zero-order valence-electron chi connectivity index (χ0n) is 10.2. The minimum Gasteiger partial charge on any atom is -0.318 e. The highest BCUT2D eigenvalue weighted by atomic mass is 19.2. The first-order valence-corrected chi connectivity index (χ1v) is 5.68. The minimum atomic E-state index is -1.11. The smallest absolute Gasteiger partial charge is 0.314 e. The summed E-state index contributed by atoms with van der Waals surface area (Å²) in [4.78, 5) is 23.2. The number of carbonyl (C=O) groups excluding carboxylic acids is 2. The molecule has 2 aromatic rings. The van der Waals surface area contributed by atoms with Crippen molar-refractivity contribution in [2.45, 2.75) is 0 Å². The molecule has 0 aromatic heterocycles. The summed E-state index contributed by atoms with van der Waals surface area (Å²) in [6, 6.07) is 11.2. The van der Waals surface area contributed by atoms with E-state index in [4.69, 9.17) is 0 Å². The highest BCUT2D eigenvalue weighted by molar-refractivity contribution is 6.43. The first-order chi connectivity index (χ1) is 9.56. The van der Waals surface area contributed by atoms with Gasteiger partial charge in [0.2, 0.25) is 0 Å². The average molecular weight is 276 g/mol. The third kappa shape index (κ3) is 3.38. The Hall–Kier alpha value is -2.76. The maximum absolute atomic E-state index is 13.0. The highest BCUT2D eigenvalue weighted by Crippen LogP contribution is 2.13. The number of amides is 2. The van der Waals surface area contributed by atoms with E-state index < -0.39 is 23.4 Å². The number of benzene rings is 2. The van der Waals surface area contributed by atoms with Crippen LogP contribution < -0.4 is 10.6 Å². The number of halogens is 2. The van der Waals surface area contributed by atoms with Crippen molar-refractivity contribution >= 4 is 23.2 Å². The van der Waals surface area contributed by atoms with Crippen LogP contribution in [0.2, 0.25) is 0 Å². The predicted molar refractivity (Wildman–Crippen MR) is 70.1 cm³/mol. The van der Waals surface area contributed by atoms with Gasteiger partial charge >= 0.3 is 11.8 Å². The lowest BCUT2D eigenvalue weighted by Crippen LogP contribution is -2.29. The Morgan fingerprint density at radius 1 is 0.750 bits per heavy atom. The van der Waals surface area contributed by atoms with Gasteiger partial charge in [0.05, 0.1) is 0 Å². The summed E-state index contributed by atoms with van der Waals surface area (Å²) in [5.41, 5.74) is 0.454. The van der Waals surface area contributed by atoms with Crippen LogP contribution in [0.4, 0.5) is 20.2 Å². The predicted octanol–water partition coefficient (Wildman–Crippen LogP) is 2.54. The van der Waals surface area contributed by atoms with Crippen molar-refractivity contribution in [1.82, 2.24) is 0 Å². The zero-order valence-corrected chi connectivity index (χ0v) is 10.2. The molecule has 0 saturated carbocycles. The molecule has 0 atom stereocenters. The Labute approximate surface area is 113 Å². The molecule has 2 rings (SSSR count). The largest absolute Gasteiger partial charge is 0.318 e. The van der Waals surface area contributed by atoms with Crippen LogP contribution in [-0.4, -0.2) is 11.8 Å². The van der Waals surface area contributed by atoms with E-state index in [1.807, 2.05) is 0 Å². The van der Waals surface area contributed by atoms with E-state index in [9.17, 15) is 18.4 Å².